The highest BCUT2D eigenvalue weighted by atomic mass is 32.2. The average Bonchev–Trinajstić information content (AvgIpc) is 3.28. The maximum atomic E-state index is 13.0. The summed E-state index contributed by atoms with van der Waals surface area (Å²) in [6.07, 6.45) is 3.53. The van der Waals surface area contributed by atoms with Crippen LogP contribution in [-0.2, 0) is 4.79 Å². The van der Waals surface area contributed by atoms with Crippen molar-refractivity contribution in [2.45, 2.75) is 36.6 Å². The fraction of sp³-hybridized carbons (Fsp3) is 0.375. The molecule has 4 rings (SSSR count). The highest BCUT2D eigenvalue weighted by Gasteiger charge is 2.25. The standard InChI is InChI=1S/C24H29N5O3S/c1-17(22(30)25-18-14-20(31-2)16-21(15-18)32-3)33-24-27-26-23(28-12-8-5-9-13-28)29(24)19-10-6-4-7-11-19/h4,6-7,10-11,14-17H,5,8-9,12-13H2,1-3H3,(H,25,30). The lowest BCUT2D eigenvalue weighted by molar-refractivity contribution is -0.115. The van der Waals surface area contributed by atoms with E-state index in [4.69, 9.17) is 9.47 Å². The molecule has 1 unspecified atom stereocenters. The summed E-state index contributed by atoms with van der Waals surface area (Å²) in [4.78, 5) is 15.3. The number of aromatic nitrogens is 3. The van der Waals surface area contributed by atoms with Crippen LogP contribution in [0.1, 0.15) is 26.2 Å². The van der Waals surface area contributed by atoms with E-state index in [0.29, 0.717) is 22.3 Å². The lowest BCUT2D eigenvalue weighted by Gasteiger charge is -2.28. The first-order chi connectivity index (χ1) is 16.1. The van der Waals surface area contributed by atoms with Crippen LogP contribution in [0.2, 0.25) is 0 Å². The van der Waals surface area contributed by atoms with Gasteiger partial charge in [-0.1, -0.05) is 30.0 Å². The number of carbonyl (C=O) groups is 1. The van der Waals surface area contributed by atoms with Gasteiger partial charge >= 0.3 is 0 Å². The molecule has 33 heavy (non-hydrogen) atoms. The lowest BCUT2D eigenvalue weighted by Crippen LogP contribution is -2.31. The number of hydrogen-bond donors (Lipinski definition) is 1. The molecule has 9 heteroatoms. The Bertz CT molecular complexity index is 1060. The fourth-order valence-corrected chi connectivity index (χ4v) is 4.64. The van der Waals surface area contributed by atoms with Gasteiger partial charge in [-0.15, -0.1) is 10.2 Å². The molecule has 8 nitrogen and oxygen atoms in total. The van der Waals surface area contributed by atoms with Crippen LogP contribution in [0.15, 0.2) is 53.7 Å². The largest absolute Gasteiger partial charge is 0.497 e. The number of amides is 1. The summed E-state index contributed by atoms with van der Waals surface area (Å²) in [5.74, 6) is 1.91. The van der Waals surface area contributed by atoms with E-state index in [1.807, 2.05) is 41.8 Å². The molecule has 0 spiro atoms. The Balaban J connectivity index is 1.56. The van der Waals surface area contributed by atoms with E-state index in [1.54, 1.807) is 32.4 Å². The van der Waals surface area contributed by atoms with Gasteiger partial charge in [-0.3, -0.25) is 9.36 Å². The van der Waals surface area contributed by atoms with Crippen LogP contribution in [0.5, 0.6) is 11.5 Å². The monoisotopic (exact) mass is 467 g/mol. The summed E-state index contributed by atoms with van der Waals surface area (Å²) in [5.41, 5.74) is 1.60. The first kappa shape index (κ1) is 23.0. The number of nitrogens with zero attached hydrogens (tertiary/aromatic N) is 4. The second kappa shape index (κ2) is 10.6. The van der Waals surface area contributed by atoms with Gasteiger partial charge in [-0.05, 0) is 38.3 Å². The van der Waals surface area contributed by atoms with E-state index >= 15 is 0 Å². The summed E-state index contributed by atoms with van der Waals surface area (Å²) in [5, 5.41) is 12.2. The minimum absolute atomic E-state index is 0.141. The molecule has 0 radical (unpaired) electrons. The Kier molecular flexibility index (Phi) is 7.39. The van der Waals surface area contributed by atoms with E-state index in [9.17, 15) is 4.79 Å². The Hall–Kier alpha value is -3.20. The Morgan fingerprint density at radius 2 is 1.67 bits per heavy atom. The third-order valence-corrected chi connectivity index (χ3v) is 6.58. The van der Waals surface area contributed by atoms with Gasteiger partial charge in [0.2, 0.25) is 11.9 Å². The average molecular weight is 468 g/mol. The highest BCUT2D eigenvalue weighted by Crippen LogP contribution is 2.31. The molecule has 1 fully saturated rings. The maximum absolute atomic E-state index is 13.0. The summed E-state index contributed by atoms with van der Waals surface area (Å²) in [6, 6.07) is 15.3. The van der Waals surface area contributed by atoms with Crippen molar-refractivity contribution in [2.75, 3.05) is 37.5 Å². The molecule has 1 aromatic heterocycles. The van der Waals surface area contributed by atoms with E-state index < -0.39 is 5.25 Å². The van der Waals surface area contributed by atoms with Crippen molar-refractivity contribution in [1.29, 1.82) is 0 Å². The molecule has 1 amide bonds. The third-order valence-electron chi connectivity index (χ3n) is 5.54. The molecule has 3 aromatic rings. The van der Waals surface area contributed by atoms with Gasteiger partial charge in [0.1, 0.15) is 11.5 Å². The molecule has 2 aromatic carbocycles. The van der Waals surface area contributed by atoms with Crippen molar-refractivity contribution in [3.05, 3.63) is 48.5 Å². The van der Waals surface area contributed by atoms with Gasteiger partial charge < -0.3 is 19.7 Å². The third kappa shape index (κ3) is 5.42. The molecule has 1 N–H and O–H groups in total. The molecular formula is C24H29N5O3S. The Morgan fingerprint density at radius 3 is 2.30 bits per heavy atom. The number of methoxy groups -OCH3 is 2. The molecule has 1 aliphatic heterocycles. The van der Waals surface area contributed by atoms with E-state index in [1.165, 1.54) is 18.2 Å². The van der Waals surface area contributed by atoms with Crippen LogP contribution >= 0.6 is 11.8 Å². The van der Waals surface area contributed by atoms with Crippen LogP contribution < -0.4 is 19.7 Å². The van der Waals surface area contributed by atoms with Gasteiger partial charge in [0.15, 0.2) is 5.16 Å². The number of nitrogens with one attached hydrogen (secondary N) is 1. The second-order valence-corrected chi connectivity index (χ2v) is 9.16. The topological polar surface area (TPSA) is 81.5 Å². The predicted octanol–water partition coefficient (Wildman–Crippen LogP) is 4.39. The minimum Gasteiger partial charge on any atom is -0.497 e. The molecular weight excluding hydrogens is 438 g/mol. The number of hydrogen-bond acceptors (Lipinski definition) is 7. The van der Waals surface area contributed by atoms with Crippen LogP contribution in [0.25, 0.3) is 5.69 Å². The number of para-hydroxylation sites is 1. The van der Waals surface area contributed by atoms with Crippen molar-refractivity contribution in [2.24, 2.45) is 0 Å². The van der Waals surface area contributed by atoms with Gasteiger partial charge in [0.05, 0.1) is 25.2 Å². The summed E-state index contributed by atoms with van der Waals surface area (Å²) in [7, 11) is 3.16. The van der Waals surface area contributed by atoms with Crippen LogP contribution in [0.3, 0.4) is 0 Å². The van der Waals surface area contributed by atoms with Crippen LogP contribution in [-0.4, -0.2) is 53.2 Å². The zero-order valence-electron chi connectivity index (χ0n) is 19.2. The van der Waals surface area contributed by atoms with Crippen molar-refractivity contribution in [3.8, 4) is 17.2 Å². The van der Waals surface area contributed by atoms with Crippen molar-refractivity contribution in [1.82, 2.24) is 14.8 Å². The Labute approximate surface area is 198 Å². The van der Waals surface area contributed by atoms with Crippen molar-refractivity contribution in [3.63, 3.8) is 0 Å². The quantitative estimate of drug-likeness (QED) is 0.492. The number of benzene rings is 2. The molecule has 0 bridgehead atoms. The summed E-state index contributed by atoms with van der Waals surface area (Å²) < 4.78 is 12.6. The van der Waals surface area contributed by atoms with Crippen molar-refractivity contribution >= 4 is 29.3 Å². The van der Waals surface area contributed by atoms with Crippen LogP contribution in [0.4, 0.5) is 11.6 Å². The number of anilines is 2. The fourth-order valence-electron chi connectivity index (χ4n) is 3.78. The van der Waals surface area contributed by atoms with Gasteiger partial charge in [-0.2, -0.15) is 0 Å². The van der Waals surface area contributed by atoms with Gasteiger partial charge in [0, 0.05) is 37.0 Å². The first-order valence-corrected chi connectivity index (χ1v) is 11.9. The zero-order valence-corrected chi connectivity index (χ0v) is 20.0. The van der Waals surface area contributed by atoms with E-state index in [-0.39, 0.29) is 5.91 Å². The molecule has 1 aliphatic rings. The second-order valence-electron chi connectivity index (χ2n) is 7.85. The van der Waals surface area contributed by atoms with E-state index in [0.717, 1.165) is 37.6 Å². The lowest BCUT2D eigenvalue weighted by atomic mass is 10.1. The first-order valence-electron chi connectivity index (χ1n) is 11.1. The normalized spacial score (nSPS) is 14.6. The molecule has 0 aliphatic carbocycles. The SMILES string of the molecule is COc1cc(NC(=O)C(C)Sc2nnc(N3CCCCC3)n2-c2ccccc2)cc(OC)c1. The predicted molar refractivity (Wildman–Crippen MR) is 131 cm³/mol. The molecule has 2 heterocycles. The minimum atomic E-state index is -0.400. The Morgan fingerprint density at radius 1 is 1.00 bits per heavy atom. The summed E-state index contributed by atoms with van der Waals surface area (Å²) in [6.45, 7) is 3.79. The van der Waals surface area contributed by atoms with E-state index in [2.05, 4.69) is 20.4 Å². The van der Waals surface area contributed by atoms with Crippen LogP contribution in [0, 0.1) is 0 Å². The molecule has 1 atom stereocenters. The molecule has 0 saturated carbocycles. The van der Waals surface area contributed by atoms with Gasteiger partial charge in [-0.25, -0.2) is 0 Å². The highest BCUT2D eigenvalue weighted by molar-refractivity contribution is 8.00. The number of carbonyl (C=O) groups excluding carboxylic acids is 1. The molecule has 174 valence electrons. The number of piperidine rings is 1. The number of ether oxygens (including phenoxy) is 2. The molecule has 1 saturated heterocycles. The maximum Gasteiger partial charge on any atom is 0.237 e. The summed E-state index contributed by atoms with van der Waals surface area (Å²) >= 11 is 1.39. The number of rotatable bonds is 8. The smallest absolute Gasteiger partial charge is 0.237 e. The number of thioether (sulfide) groups is 1. The van der Waals surface area contributed by atoms with Crippen molar-refractivity contribution < 1.29 is 14.3 Å². The zero-order chi connectivity index (χ0) is 23.2. The van der Waals surface area contributed by atoms with Gasteiger partial charge in [0.25, 0.3) is 0 Å².